The van der Waals surface area contributed by atoms with E-state index in [0.717, 1.165) is 23.4 Å². The van der Waals surface area contributed by atoms with Crippen LogP contribution in [0, 0.1) is 0 Å². The Morgan fingerprint density at radius 2 is 2.09 bits per heavy atom. The minimum absolute atomic E-state index is 0.258. The molecule has 0 fully saturated rings. The Morgan fingerprint density at radius 3 is 2.87 bits per heavy atom. The van der Waals surface area contributed by atoms with Gasteiger partial charge in [-0.1, -0.05) is 36.4 Å². The van der Waals surface area contributed by atoms with Gasteiger partial charge in [-0.05, 0) is 18.2 Å². The molecular formula is C18H17N3O2. The number of rotatable bonds is 3. The fourth-order valence-corrected chi connectivity index (χ4v) is 2.41. The maximum absolute atomic E-state index is 11.1. The van der Waals surface area contributed by atoms with E-state index < -0.39 is 5.97 Å². The van der Waals surface area contributed by atoms with E-state index in [1.807, 2.05) is 24.3 Å². The fraction of sp³-hybridized carbons (Fsp3) is 0.167. The molecule has 1 aromatic carbocycles. The summed E-state index contributed by atoms with van der Waals surface area (Å²) < 4.78 is 0. The maximum Gasteiger partial charge on any atom is 0.335 e. The van der Waals surface area contributed by atoms with Crippen LogP contribution in [0.1, 0.15) is 16.8 Å². The standard InChI is InChI=1S/C18H17N3O2/c22-18(23)14-6-5-7-16(12-14)21-11-9-15(13-20-21)17-8-3-1-2-4-10-19-17/h1-7,9,12-13H,8,10-11H2,(H,22,23)/b3-1-,4-2?,19-17?. The first-order chi connectivity index (χ1) is 11.2. The first kappa shape index (κ1) is 15.0. The van der Waals surface area contributed by atoms with Crippen LogP contribution in [-0.2, 0) is 0 Å². The highest BCUT2D eigenvalue weighted by molar-refractivity contribution is 6.17. The van der Waals surface area contributed by atoms with Gasteiger partial charge < -0.3 is 5.11 Å². The van der Waals surface area contributed by atoms with Crippen LogP contribution < -0.4 is 5.01 Å². The van der Waals surface area contributed by atoms with E-state index in [0.29, 0.717) is 13.1 Å². The number of aromatic carboxylic acids is 1. The van der Waals surface area contributed by atoms with Crippen molar-refractivity contribution in [3.05, 3.63) is 65.8 Å². The summed E-state index contributed by atoms with van der Waals surface area (Å²) in [5.41, 5.74) is 3.07. The molecule has 0 aromatic heterocycles. The van der Waals surface area contributed by atoms with E-state index in [1.165, 1.54) is 0 Å². The van der Waals surface area contributed by atoms with Crippen molar-refractivity contribution in [2.75, 3.05) is 18.1 Å². The van der Waals surface area contributed by atoms with E-state index in [-0.39, 0.29) is 5.56 Å². The Hall–Kier alpha value is -2.95. The molecule has 0 atom stereocenters. The van der Waals surface area contributed by atoms with Crippen LogP contribution >= 0.6 is 0 Å². The highest BCUT2D eigenvalue weighted by Gasteiger charge is 2.13. The van der Waals surface area contributed by atoms with Crippen LogP contribution in [0.2, 0.25) is 0 Å². The van der Waals surface area contributed by atoms with Crippen LogP contribution in [0.15, 0.2) is 70.3 Å². The minimum atomic E-state index is -0.937. The van der Waals surface area contributed by atoms with Crippen LogP contribution in [0.5, 0.6) is 0 Å². The maximum atomic E-state index is 11.1. The number of benzene rings is 1. The van der Waals surface area contributed by atoms with Gasteiger partial charge in [0.15, 0.2) is 0 Å². The molecular weight excluding hydrogens is 290 g/mol. The van der Waals surface area contributed by atoms with Crippen LogP contribution in [0.4, 0.5) is 5.69 Å². The summed E-state index contributed by atoms with van der Waals surface area (Å²) in [6.45, 7) is 1.27. The predicted octanol–water partition coefficient (Wildman–Crippen LogP) is 3.07. The Labute approximate surface area is 134 Å². The highest BCUT2D eigenvalue weighted by Crippen LogP contribution is 2.19. The minimum Gasteiger partial charge on any atom is -0.478 e. The summed E-state index contributed by atoms with van der Waals surface area (Å²) in [5.74, 6) is -0.937. The van der Waals surface area contributed by atoms with Gasteiger partial charge in [-0.2, -0.15) is 5.10 Å². The second-order valence-electron chi connectivity index (χ2n) is 5.19. The zero-order valence-corrected chi connectivity index (χ0v) is 12.6. The molecule has 116 valence electrons. The van der Waals surface area contributed by atoms with Crippen molar-refractivity contribution in [2.24, 2.45) is 10.1 Å². The van der Waals surface area contributed by atoms with E-state index in [9.17, 15) is 4.79 Å². The Morgan fingerprint density at radius 1 is 1.22 bits per heavy atom. The summed E-state index contributed by atoms with van der Waals surface area (Å²) in [7, 11) is 0. The summed E-state index contributed by atoms with van der Waals surface area (Å²) >= 11 is 0. The van der Waals surface area contributed by atoms with Gasteiger partial charge in [-0.25, -0.2) is 4.79 Å². The average Bonchev–Trinajstić information content (AvgIpc) is 2.55. The molecule has 1 aromatic rings. The van der Waals surface area contributed by atoms with Gasteiger partial charge in [0.25, 0.3) is 0 Å². The molecule has 0 bridgehead atoms. The first-order valence-corrected chi connectivity index (χ1v) is 7.44. The van der Waals surface area contributed by atoms with Gasteiger partial charge in [0.1, 0.15) is 0 Å². The molecule has 0 unspecified atom stereocenters. The van der Waals surface area contributed by atoms with E-state index in [2.05, 4.69) is 22.2 Å². The number of nitrogens with zero attached hydrogens (tertiary/aromatic N) is 3. The van der Waals surface area contributed by atoms with Crippen molar-refractivity contribution in [1.29, 1.82) is 0 Å². The second kappa shape index (κ2) is 6.87. The number of hydrogen-bond acceptors (Lipinski definition) is 4. The number of carbonyl (C=O) groups is 1. The lowest BCUT2D eigenvalue weighted by Crippen LogP contribution is -2.23. The lowest BCUT2D eigenvalue weighted by molar-refractivity contribution is 0.0697. The predicted molar refractivity (Wildman–Crippen MR) is 92.5 cm³/mol. The number of hydrogen-bond donors (Lipinski definition) is 1. The number of allylic oxidation sites excluding steroid dienone is 4. The second-order valence-corrected chi connectivity index (χ2v) is 5.19. The first-order valence-electron chi connectivity index (χ1n) is 7.44. The van der Waals surface area contributed by atoms with Crippen molar-refractivity contribution in [2.45, 2.75) is 6.42 Å². The van der Waals surface area contributed by atoms with E-state index in [4.69, 9.17) is 5.11 Å². The summed E-state index contributed by atoms with van der Waals surface area (Å²) in [6.07, 6.45) is 12.8. The number of aliphatic imine (C=N–C) groups is 1. The van der Waals surface area contributed by atoms with E-state index in [1.54, 1.807) is 29.4 Å². The van der Waals surface area contributed by atoms with Crippen LogP contribution in [-0.4, -0.2) is 36.1 Å². The van der Waals surface area contributed by atoms with Gasteiger partial charge in [0, 0.05) is 17.7 Å². The van der Waals surface area contributed by atoms with E-state index >= 15 is 0 Å². The Kier molecular flexibility index (Phi) is 4.47. The molecule has 2 aliphatic heterocycles. The molecule has 5 heteroatoms. The fourth-order valence-electron chi connectivity index (χ4n) is 2.41. The largest absolute Gasteiger partial charge is 0.478 e. The van der Waals surface area contributed by atoms with Gasteiger partial charge in [0.2, 0.25) is 0 Å². The van der Waals surface area contributed by atoms with Crippen molar-refractivity contribution in [3.8, 4) is 0 Å². The highest BCUT2D eigenvalue weighted by atomic mass is 16.4. The topological polar surface area (TPSA) is 65.3 Å². The van der Waals surface area contributed by atoms with Gasteiger partial charge >= 0.3 is 5.97 Å². The smallest absolute Gasteiger partial charge is 0.335 e. The zero-order chi connectivity index (χ0) is 16.1. The molecule has 0 amide bonds. The lowest BCUT2D eigenvalue weighted by Gasteiger charge is -2.22. The number of carboxylic acid groups (broad SMARTS) is 1. The molecule has 5 nitrogen and oxygen atoms in total. The molecule has 1 N–H and O–H groups in total. The van der Waals surface area contributed by atoms with Gasteiger partial charge in [0.05, 0.1) is 30.6 Å². The summed E-state index contributed by atoms with van der Waals surface area (Å²) in [6, 6.07) is 6.77. The third-order valence-corrected chi connectivity index (χ3v) is 3.63. The molecule has 0 saturated carbocycles. The molecule has 0 radical (unpaired) electrons. The average molecular weight is 307 g/mol. The Balaban J connectivity index is 1.75. The van der Waals surface area contributed by atoms with Crippen molar-refractivity contribution in [3.63, 3.8) is 0 Å². The van der Waals surface area contributed by atoms with Gasteiger partial charge in [-0.3, -0.25) is 10.0 Å². The Bertz CT molecular complexity index is 757. The lowest BCUT2D eigenvalue weighted by atomic mass is 10.1. The number of anilines is 1. The third-order valence-electron chi connectivity index (χ3n) is 3.63. The zero-order valence-electron chi connectivity index (χ0n) is 12.6. The van der Waals surface area contributed by atoms with Crippen molar-refractivity contribution < 1.29 is 9.90 Å². The SMILES string of the molecule is O=C(O)c1cccc(N2CC=C(C3=NCC=C/C=C\C3)C=N2)c1. The normalized spacial score (nSPS) is 18.7. The number of carboxylic acids is 1. The molecule has 0 saturated heterocycles. The monoisotopic (exact) mass is 307 g/mol. The molecule has 2 heterocycles. The molecule has 0 spiro atoms. The molecule has 23 heavy (non-hydrogen) atoms. The quantitative estimate of drug-likeness (QED) is 0.933. The van der Waals surface area contributed by atoms with Crippen molar-refractivity contribution in [1.82, 2.24) is 0 Å². The summed E-state index contributed by atoms with van der Waals surface area (Å²) in [4.78, 5) is 15.6. The molecule has 3 rings (SSSR count). The molecule has 2 aliphatic rings. The molecule has 0 aliphatic carbocycles. The summed E-state index contributed by atoms with van der Waals surface area (Å²) in [5, 5.41) is 15.3. The number of hydrazone groups is 1. The van der Waals surface area contributed by atoms with Crippen LogP contribution in [0.3, 0.4) is 0 Å². The van der Waals surface area contributed by atoms with Crippen molar-refractivity contribution >= 4 is 23.6 Å². The third kappa shape index (κ3) is 3.63. The van der Waals surface area contributed by atoms with Gasteiger partial charge in [-0.15, -0.1) is 0 Å². The van der Waals surface area contributed by atoms with Crippen LogP contribution in [0.25, 0.3) is 0 Å².